The molecule has 0 saturated heterocycles. The van der Waals surface area contributed by atoms with E-state index in [9.17, 15) is 0 Å². The van der Waals surface area contributed by atoms with Gasteiger partial charge in [0, 0.05) is 12.1 Å². The van der Waals surface area contributed by atoms with E-state index in [1.54, 1.807) is 0 Å². The molecule has 1 nitrogen and oxygen atoms in total. The molecule has 2 rings (SSSR count). The second-order valence-corrected chi connectivity index (χ2v) is 5.26. The average molecular weight is 241 g/mol. The summed E-state index contributed by atoms with van der Waals surface area (Å²) in [6, 6.07) is 15.2. The van der Waals surface area contributed by atoms with Crippen molar-refractivity contribution in [3.05, 3.63) is 48.0 Å². The summed E-state index contributed by atoms with van der Waals surface area (Å²) in [5.74, 6) is 0. The summed E-state index contributed by atoms with van der Waals surface area (Å²) in [5, 5.41) is 6.39. The largest absolute Gasteiger partial charge is 0.307 e. The smallest absolute Gasteiger partial charge is 0.0216 e. The Morgan fingerprint density at radius 2 is 1.61 bits per heavy atom. The molecular weight excluding hydrogens is 218 g/mol. The van der Waals surface area contributed by atoms with E-state index in [0.29, 0.717) is 0 Å². The van der Waals surface area contributed by atoms with Gasteiger partial charge in [-0.3, -0.25) is 0 Å². The highest BCUT2D eigenvalue weighted by atomic mass is 15.0. The first kappa shape index (κ1) is 13.1. The molecule has 0 aromatic heterocycles. The maximum absolute atomic E-state index is 3.70. The van der Waals surface area contributed by atoms with Crippen LogP contribution in [-0.4, -0.2) is 5.54 Å². The lowest BCUT2D eigenvalue weighted by Crippen LogP contribution is -2.40. The highest BCUT2D eigenvalue weighted by Crippen LogP contribution is 2.20. The molecule has 0 radical (unpaired) electrons. The number of nitrogens with one attached hydrogen (secondary N) is 1. The Morgan fingerprint density at radius 3 is 2.33 bits per heavy atom. The molecule has 2 aromatic rings. The molecule has 0 fully saturated rings. The second kappa shape index (κ2) is 5.53. The zero-order valence-electron chi connectivity index (χ0n) is 11.7. The number of hydrogen-bond acceptors (Lipinski definition) is 1. The Balaban J connectivity index is 2.22. The standard InChI is InChI=1S/C17H23N/c1-4-17(3,5-2)18-13-15-11-8-10-14-9-6-7-12-16(14)15/h6-12,18H,4-5,13H2,1-3H3. The van der Waals surface area contributed by atoms with Gasteiger partial charge in [-0.15, -0.1) is 0 Å². The third-order valence-corrected chi connectivity index (χ3v) is 4.15. The van der Waals surface area contributed by atoms with Crippen molar-refractivity contribution in [1.29, 1.82) is 0 Å². The molecular formula is C17H23N. The summed E-state index contributed by atoms with van der Waals surface area (Å²) in [6.45, 7) is 7.75. The van der Waals surface area contributed by atoms with Crippen LogP contribution < -0.4 is 5.32 Å². The molecule has 0 spiro atoms. The summed E-state index contributed by atoms with van der Waals surface area (Å²) in [4.78, 5) is 0. The van der Waals surface area contributed by atoms with Crippen LogP contribution in [-0.2, 0) is 6.54 Å². The summed E-state index contributed by atoms with van der Waals surface area (Å²) in [7, 11) is 0. The van der Waals surface area contributed by atoms with Gasteiger partial charge in [-0.1, -0.05) is 56.3 Å². The minimum Gasteiger partial charge on any atom is -0.307 e. The predicted molar refractivity (Wildman–Crippen MR) is 79.8 cm³/mol. The molecule has 1 N–H and O–H groups in total. The fraction of sp³-hybridized carbons (Fsp3) is 0.412. The summed E-state index contributed by atoms with van der Waals surface area (Å²) in [5.41, 5.74) is 1.64. The Labute approximate surface area is 110 Å². The first-order chi connectivity index (χ1) is 8.68. The van der Waals surface area contributed by atoms with Crippen molar-refractivity contribution < 1.29 is 0 Å². The van der Waals surface area contributed by atoms with Crippen LogP contribution in [0, 0.1) is 0 Å². The number of hydrogen-bond donors (Lipinski definition) is 1. The van der Waals surface area contributed by atoms with Crippen LogP contribution >= 0.6 is 0 Å². The van der Waals surface area contributed by atoms with Crippen molar-refractivity contribution in [3.8, 4) is 0 Å². The van der Waals surface area contributed by atoms with Crippen LogP contribution in [0.3, 0.4) is 0 Å². The molecule has 0 amide bonds. The average Bonchev–Trinajstić information content (AvgIpc) is 2.44. The van der Waals surface area contributed by atoms with Crippen LogP contribution in [0.1, 0.15) is 39.2 Å². The fourth-order valence-electron chi connectivity index (χ4n) is 2.26. The lowest BCUT2D eigenvalue weighted by atomic mass is 9.94. The van der Waals surface area contributed by atoms with E-state index in [-0.39, 0.29) is 5.54 Å². The first-order valence-electron chi connectivity index (χ1n) is 6.90. The van der Waals surface area contributed by atoms with Gasteiger partial charge >= 0.3 is 0 Å². The normalized spacial score (nSPS) is 11.9. The van der Waals surface area contributed by atoms with Gasteiger partial charge in [-0.05, 0) is 36.1 Å². The van der Waals surface area contributed by atoms with Gasteiger partial charge < -0.3 is 5.32 Å². The molecule has 0 saturated carbocycles. The summed E-state index contributed by atoms with van der Waals surface area (Å²) < 4.78 is 0. The maximum Gasteiger partial charge on any atom is 0.0216 e. The third kappa shape index (κ3) is 2.73. The second-order valence-electron chi connectivity index (χ2n) is 5.26. The molecule has 18 heavy (non-hydrogen) atoms. The highest BCUT2D eigenvalue weighted by molar-refractivity contribution is 5.85. The van der Waals surface area contributed by atoms with Gasteiger partial charge in [0.05, 0.1) is 0 Å². The molecule has 0 atom stereocenters. The first-order valence-corrected chi connectivity index (χ1v) is 6.90. The third-order valence-electron chi connectivity index (χ3n) is 4.15. The zero-order valence-corrected chi connectivity index (χ0v) is 11.7. The van der Waals surface area contributed by atoms with Crippen LogP contribution in [0.25, 0.3) is 10.8 Å². The Hall–Kier alpha value is -1.34. The van der Waals surface area contributed by atoms with E-state index in [4.69, 9.17) is 0 Å². The zero-order chi connectivity index (χ0) is 13.0. The lowest BCUT2D eigenvalue weighted by molar-refractivity contribution is 0.330. The molecule has 0 bridgehead atoms. The van der Waals surface area contributed by atoms with Crippen LogP contribution in [0.5, 0.6) is 0 Å². The van der Waals surface area contributed by atoms with Crippen molar-refractivity contribution in [2.75, 3.05) is 0 Å². The van der Waals surface area contributed by atoms with E-state index in [2.05, 4.69) is 68.6 Å². The van der Waals surface area contributed by atoms with Gasteiger partial charge in [-0.25, -0.2) is 0 Å². The van der Waals surface area contributed by atoms with Crippen LogP contribution in [0.4, 0.5) is 0 Å². The van der Waals surface area contributed by atoms with Crippen LogP contribution in [0.15, 0.2) is 42.5 Å². The molecule has 0 heterocycles. The Bertz CT molecular complexity index is 507. The van der Waals surface area contributed by atoms with Crippen molar-refractivity contribution >= 4 is 10.8 Å². The minimum atomic E-state index is 0.247. The SMILES string of the molecule is CCC(C)(CC)NCc1cccc2ccccc12. The van der Waals surface area contributed by atoms with Crippen molar-refractivity contribution in [1.82, 2.24) is 5.32 Å². The Kier molecular flexibility index (Phi) is 4.03. The van der Waals surface area contributed by atoms with Crippen molar-refractivity contribution in [3.63, 3.8) is 0 Å². The van der Waals surface area contributed by atoms with E-state index in [1.807, 2.05) is 0 Å². The molecule has 0 aliphatic rings. The number of fused-ring (bicyclic) bond motifs is 1. The van der Waals surface area contributed by atoms with E-state index in [0.717, 1.165) is 19.4 Å². The van der Waals surface area contributed by atoms with Gasteiger partial charge in [0.25, 0.3) is 0 Å². The maximum atomic E-state index is 3.70. The van der Waals surface area contributed by atoms with Gasteiger partial charge in [-0.2, -0.15) is 0 Å². The quantitative estimate of drug-likeness (QED) is 0.812. The monoisotopic (exact) mass is 241 g/mol. The number of benzene rings is 2. The van der Waals surface area contributed by atoms with Crippen molar-refractivity contribution in [2.45, 2.75) is 45.7 Å². The molecule has 2 aromatic carbocycles. The van der Waals surface area contributed by atoms with Gasteiger partial charge in [0.1, 0.15) is 0 Å². The predicted octanol–water partition coefficient (Wildman–Crippen LogP) is 4.51. The highest BCUT2D eigenvalue weighted by Gasteiger charge is 2.18. The summed E-state index contributed by atoms with van der Waals surface area (Å²) in [6.07, 6.45) is 2.32. The van der Waals surface area contributed by atoms with E-state index in [1.165, 1.54) is 16.3 Å². The van der Waals surface area contributed by atoms with Gasteiger partial charge in [0.2, 0.25) is 0 Å². The summed E-state index contributed by atoms with van der Waals surface area (Å²) >= 11 is 0. The molecule has 0 aliphatic heterocycles. The number of rotatable bonds is 5. The topological polar surface area (TPSA) is 12.0 Å². The molecule has 1 heteroatoms. The minimum absolute atomic E-state index is 0.247. The van der Waals surface area contributed by atoms with Crippen LogP contribution in [0.2, 0.25) is 0 Å². The van der Waals surface area contributed by atoms with Crippen molar-refractivity contribution in [2.24, 2.45) is 0 Å². The molecule has 0 aliphatic carbocycles. The van der Waals surface area contributed by atoms with Gasteiger partial charge in [0.15, 0.2) is 0 Å². The Morgan fingerprint density at radius 1 is 0.944 bits per heavy atom. The van der Waals surface area contributed by atoms with E-state index < -0.39 is 0 Å². The fourth-order valence-corrected chi connectivity index (χ4v) is 2.26. The molecule has 0 unspecified atom stereocenters. The lowest BCUT2D eigenvalue weighted by Gasteiger charge is -2.28. The molecule has 96 valence electrons. The van der Waals surface area contributed by atoms with E-state index >= 15 is 0 Å².